The first-order chi connectivity index (χ1) is 9.31. The summed E-state index contributed by atoms with van der Waals surface area (Å²) in [6.45, 7) is 3.17. The van der Waals surface area contributed by atoms with Crippen LogP contribution in [-0.4, -0.2) is 38.3 Å². The van der Waals surface area contributed by atoms with Crippen LogP contribution in [0.1, 0.15) is 44.9 Å². The summed E-state index contributed by atoms with van der Waals surface area (Å²) < 4.78 is 5.62. The maximum Gasteiger partial charge on any atom is 0.230 e. The molecule has 3 rings (SSSR count). The van der Waals surface area contributed by atoms with Crippen molar-refractivity contribution in [2.24, 2.45) is 11.3 Å². The lowest BCUT2D eigenvalue weighted by Crippen LogP contribution is -2.54. The van der Waals surface area contributed by atoms with Crippen molar-refractivity contribution in [1.82, 2.24) is 10.6 Å². The minimum absolute atomic E-state index is 0.245. The van der Waals surface area contributed by atoms with Gasteiger partial charge in [-0.15, -0.1) is 0 Å². The van der Waals surface area contributed by atoms with Gasteiger partial charge in [0.25, 0.3) is 0 Å². The third-order valence-electron chi connectivity index (χ3n) is 5.23. The molecule has 0 aromatic rings. The van der Waals surface area contributed by atoms with Crippen LogP contribution in [0.3, 0.4) is 0 Å². The Kier molecular flexibility index (Phi) is 4.08. The summed E-state index contributed by atoms with van der Waals surface area (Å²) in [4.78, 5) is 12.8. The molecular formula is C15H26N2O2. The molecule has 0 unspecified atom stereocenters. The molecule has 4 nitrogen and oxygen atoms in total. The van der Waals surface area contributed by atoms with Crippen molar-refractivity contribution in [1.29, 1.82) is 0 Å². The van der Waals surface area contributed by atoms with Crippen molar-refractivity contribution in [3.63, 3.8) is 0 Å². The van der Waals surface area contributed by atoms with E-state index in [1.165, 1.54) is 25.7 Å². The van der Waals surface area contributed by atoms with Crippen molar-refractivity contribution in [3.05, 3.63) is 0 Å². The van der Waals surface area contributed by atoms with Crippen LogP contribution in [0.25, 0.3) is 0 Å². The molecule has 3 fully saturated rings. The summed E-state index contributed by atoms with van der Waals surface area (Å²) in [5.41, 5.74) is -0.287. The van der Waals surface area contributed by atoms with E-state index in [9.17, 15) is 4.79 Å². The van der Waals surface area contributed by atoms with Gasteiger partial charge in [-0.1, -0.05) is 25.7 Å². The third kappa shape index (κ3) is 2.65. The second kappa shape index (κ2) is 5.80. The van der Waals surface area contributed by atoms with Crippen LogP contribution < -0.4 is 10.6 Å². The van der Waals surface area contributed by atoms with Gasteiger partial charge >= 0.3 is 0 Å². The van der Waals surface area contributed by atoms with E-state index in [1.54, 1.807) is 0 Å². The molecule has 0 aromatic heterocycles. The van der Waals surface area contributed by atoms with Crippen LogP contribution >= 0.6 is 0 Å². The highest BCUT2D eigenvalue weighted by Crippen LogP contribution is 2.38. The molecule has 2 saturated heterocycles. The predicted octanol–water partition coefficient (Wildman–Crippen LogP) is 1.45. The van der Waals surface area contributed by atoms with E-state index in [4.69, 9.17) is 4.74 Å². The summed E-state index contributed by atoms with van der Waals surface area (Å²) in [6.07, 6.45) is 8.49. The Morgan fingerprint density at radius 2 is 1.95 bits per heavy atom. The lowest BCUT2D eigenvalue weighted by atomic mass is 9.74. The average Bonchev–Trinajstić information content (AvgIpc) is 2.71. The Morgan fingerprint density at radius 1 is 1.16 bits per heavy atom. The number of nitrogens with one attached hydrogen (secondary N) is 2. The molecule has 2 N–H and O–H groups in total. The fourth-order valence-electron chi connectivity index (χ4n) is 3.92. The largest absolute Gasteiger partial charge is 0.380 e. The van der Waals surface area contributed by atoms with Crippen LogP contribution in [0, 0.1) is 11.3 Å². The summed E-state index contributed by atoms with van der Waals surface area (Å²) in [7, 11) is 0. The first-order valence-corrected chi connectivity index (χ1v) is 7.91. The summed E-state index contributed by atoms with van der Waals surface area (Å²) in [5, 5.41) is 6.73. The second-order valence-electron chi connectivity index (χ2n) is 6.49. The second-order valence-corrected chi connectivity index (χ2v) is 6.49. The number of hydrogen-bond donors (Lipinski definition) is 2. The van der Waals surface area contributed by atoms with E-state index in [1.807, 2.05) is 0 Å². The first kappa shape index (κ1) is 13.4. The van der Waals surface area contributed by atoms with Gasteiger partial charge in [0.15, 0.2) is 0 Å². The number of fused-ring (bicyclic) bond motifs is 1. The van der Waals surface area contributed by atoms with E-state index in [-0.39, 0.29) is 11.3 Å². The van der Waals surface area contributed by atoms with Crippen LogP contribution in [-0.2, 0) is 9.53 Å². The maximum absolute atomic E-state index is 12.8. The molecule has 1 saturated carbocycles. The molecule has 1 aliphatic carbocycles. The Labute approximate surface area is 115 Å². The predicted molar refractivity (Wildman–Crippen MR) is 73.9 cm³/mol. The van der Waals surface area contributed by atoms with Crippen molar-refractivity contribution in [2.75, 3.05) is 26.3 Å². The Hall–Kier alpha value is -0.610. The van der Waals surface area contributed by atoms with Crippen LogP contribution in [0.4, 0.5) is 0 Å². The smallest absolute Gasteiger partial charge is 0.230 e. The van der Waals surface area contributed by atoms with E-state index in [0.717, 1.165) is 39.0 Å². The lowest BCUT2D eigenvalue weighted by molar-refractivity contribution is -0.142. The monoisotopic (exact) mass is 266 g/mol. The van der Waals surface area contributed by atoms with E-state index in [0.29, 0.717) is 18.6 Å². The van der Waals surface area contributed by atoms with Gasteiger partial charge in [0.05, 0.1) is 12.0 Å². The molecule has 108 valence electrons. The van der Waals surface area contributed by atoms with Gasteiger partial charge in [0.1, 0.15) is 0 Å². The number of hydrogen-bond acceptors (Lipinski definition) is 3. The van der Waals surface area contributed by atoms with Crippen LogP contribution in [0.5, 0.6) is 0 Å². The Balaban J connectivity index is 1.64. The quantitative estimate of drug-likeness (QED) is 0.744. The molecule has 0 bridgehead atoms. The molecule has 2 aliphatic heterocycles. The Bertz CT molecular complexity index is 326. The molecule has 19 heavy (non-hydrogen) atoms. The number of carbonyl (C=O) groups is 1. The number of carbonyl (C=O) groups excluding carboxylic acids is 1. The van der Waals surface area contributed by atoms with Gasteiger partial charge in [-0.25, -0.2) is 0 Å². The molecule has 1 amide bonds. The summed E-state index contributed by atoms with van der Waals surface area (Å²) >= 11 is 0. The number of ether oxygens (including phenoxy) is 1. The molecule has 2 heterocycles. The van der Waals surface area contributed by atoms with E-state index >= 15 is 0 Å². The van der Waals surface area contributed by atoms with Crippen molar-refractivity contribution in [2.45, 2.75) is 51.0 Å². The normalized spacial score (nSPS) is 36.5. The van der Waals surface area contributed by atoms with E-state index < -0.39 is 0 Å². The molecule has 0 aromatic carbocycles. The minimum atomic E-state index is -0.287. The average molecular weight is 266 g/mol. The summed E-state index contributed by atoms with van der Waals surface area (Å²) in [5.74, 6) is 0.709. The zero-order valence-electron chi connectivity index (χ0n) is 11.7. The molecule has 4 heteroatoms. The van der Waals surface area contributed by atoms with E-state index in [2.05, 4.69) is 10.6 Å². The van der Waals surface area contributed by atoms with Gasteiger partial charge < -0.3 is 15.4 Å². The first-order valence-electron chi connectivity index (χ1n) is 7.91. The highest BCUT2D eigenvalue weighted by atomic mass is 16.5. The van der Waals surface area contributed by atoms with Gasteiger partial charge in [-0.2, -0.15) is 0 Å². The maximum atomic E-state index is 12.8. The third-order valence-corrected chi connectivity index (χ3v) is 5.23. The molecule has 0 spiro atoms. The fourth-order valence-corrected chi connectivity index (χ4v) is 3.92. The van der Waals surface area contributed by atoms with Crippen LogP contribution in [0.2, 0.25) is 0 Å². The number of amides is 1. The SMILES string of the molecule is O=C(NC1CCCCCC1)[C@]12CNC[C@H]1CCOC2. The topological polar surface area (TPSA) is 50.4 Å². The zero-order valence-corrected chi connectivity index (χ0v) is 11.7. The highest BCUT2D eigenvalue weighted by molar-refractivity contribution is 5.84. The lowest BCUT2D eigenvalue weighted by Gasteiger charge is -2.37. The van der Waals surface area contributed by atoms with Gasteiger partial charge in [-0.05, 0) is 31.7 Å². The standard InChI is InChI=1S/C15H26N2O2/c18-14(17-13-5-3-1-2-4-6-13)15-10-16-9-12(15)7-8-19-11-15/h12-13,16H,1-11H2,(H,17,18)/t12-,15+/m1/s1. The fraction of sp³-hybridized carbons (Fsp3) is 0.933. The van der Waals surface area contributed by atoms with Crippen LogP contribution in [0.15, 0.2) is 0 Å². The van der Waals surface area contributed by atoms with Crippen molar-refractivity contribution < 1.29 is 9.53 Å². The molecule has 2 atom stereocenters. The molecular weight excluding hydrogens is 240 g/mol. The Morgan fingerprint density at radius 3 is 2.74 bits per heavy atom. The zero-order chi connectivity index (χ0) is 13.1. The molecule has 0 radical (unpaired) electrons. The van der Waals surface area contributed by atoms with Gasteiger partial charge in [-0.3, -0.25) is 4.79 Å². The van der Waals surface area contributed by atoms with Crippen molar-refractivity contribution in [3.8, 4) is 0 Å². The van der Waals surface area contributed by atoms with Gasteiger partial charge in [0, 0.05) is 19.2 Å². The minimum Gasteiger partial charge on any atom is -0.380 e. The highest BCUT2D eigenvalue weighted by Gasteiger charge is 2.51. The van der Waals surface area contributed by atoms with Gasteiger partial charge in [0.2, 0.25) is 5.91 Å². The summed E-state index contributed by atoms with van der Waals surface area (Å²) in [6, 6.07) is 0.396. The molecule has 3 aliphatic rings. The van der Waals surface area contributed by atoms with Crippen molar-refractivity contribution >= 4 is 5.91 Å². The number of rotatable bonds is 2.